The minimum atomic E-state index is -0.929. The van der Waals surface area contributed by atoms with Gasteiger partial charge in [0.15, 0.2) is 6.61 Å². The standard InChI is InChI=1S/C48H54ClN9O7/c1-47(2)45(48(3,4)46(47)65-35-10-7-30(21-50)37(49)20-35)52-42(61)29-5-8-33(9-6-29)57-25-31-23-55(24-32(31)26-57)22-28-15-17-56(18-16-28)41(60)27-64-34-11-12-38-36(19-34)44(63)58(54-53-38)39-13-14-40(59)51-43(39)62/h5-12,19-20,28,31-32,39,45-46H,13-18,22-27H2,1-4H3,(H,52,61)(H,51,59,62). The van der Waals surface area contributed by atoms with Crippen molar-refractivity contribution in [3.8, 4) is 17.6 Å². The second-order valence-corrected chi connectivity index (χ2v) is 20.0. The molecular formula is C48H54ClN9O7. The molecule has 5 aliphatic rings. The Hall–Kier alpha value is -6.05. The Morgan fingerprint density at radius 2 is 1.60 bits per heavy atom. The van der Waals surface area contributed by atoms with Gasteiger partial charge in [0.2, 0.25) is 5.91 Å². The number of nitrogens with one attached hydrogen (secondary N) is 2. The summed E-state index contributed by atoms with van der Waals surface area (Å²) in [5, 5.41) is 23.3. The number of nitrogens with zero attached hydrogens (tertiary/aromatic N) is 7. The predicted octanol–water partition coefficient (Wildman–Crippen LogP) is 4.59. The summed E-state index contributed by atoms with van der Waals surface area (Å²) < 4.78 is 13.2. The number of nitriles is 1. The van der Waals surface area contributed by atoms with Crippen LogP contribution in [0.1, 0.15) is 75.3 Å². The summed E-state index contributed by atoms with van der Waals surface area (Å²) in [7, 11) is 0. The molecule has 0 spiro atoms. The molecule has 4 saturated heterocycles. The van der Waals surface area contributed by atoms with E-state index in [4.69, 9.17) is 21.1 Å². The molecule has 1 saturated carbocycles. The molecule has 9 rings (SSSR count). The molecule has 0 bridgehead atoms. The smallest absolute Gasteiger partial charge is 0.278 e. The maximum Gasteiger partial charge on any atom is 0.278 e. The lowest BCUT2D eigenvalue weighted by Crippen LogP contribution is -2.74. The third-order valence-corrected chi connectivity index (χ3v) is 14.8. The summed E-state index contributed by atoms with van der Waals surface area (Å²) in [6.07, 6.45) is 1.93. The van der Waals surface area contributed by atoms with Gasteiger partial charge in [-0.25, -0.2) is 0 Å². The lowest BCUT2D eigenvalue weighted by atomic mass is 9.49. The molecule has 2 N–H and O–H groups in total. The minimum Gasteiger partial charge on any atom is -0.489 e. The normalized spacial score (nSPS) is 25.1. The Morgan fingerprint density at radius 3 is 2.26 bits per heavy atom. The molecule has 1 aromatic heterocycles. The van der Waals surface area contributed by atoms with E-state index in [1.807, 2.05) is 17.0 Å². The topological polar surface area (TPSA) is 192 Å². The van der Waals surface area contributed by atoms with Crippen LogP contribution < -0.4 is 30.6 Å². The van der Waals surface area contributed by atoms with Crippen molar-refractivity contribution in [3.05, 3.63) is 87.2 Å². The van der Waals surface area contributed by atoms with Gasteiger partial charge in [0.05, 0.1) is 16.0 Å². The monoisotopic (exact) mass is 903 g/mol. The van der Waals surface area contributed by atoms with Gasteiger partial charge < -0.3 is 29.5 Å². The average Bonchev–Trinajstić information content (AvgIpc) is 3.86. The lowest BCUT2D eigenvalue weighted by Gasteiger charge is -2.63. The molecule has 1 aliphatic carbocycles. The molecular weight excluding hydrogens is 850 g/mol. The molecule has 4 aromatic rings. The van der Waals surface area contributed by atoms with E-state index in [1.165, 1.54) is 6.07 Å². The molecule has 5 heterocycles. The van der Waals surface area contributed by atoms with Gasteiger partial charge >= 0.3 is 0 Å². The molecule has 17 heteroatoms. The number of halogens is 1. The van der Waals surface area contributed by atoms with E-state index in [-0.39, 0.29) is 65.5 Å². The number of amides is 4. The number of fused-ring (bicyclic) bond motifs is 2. The summed E-state index contributed by atoms with van der Waals surface area (Å²) in [6, 6.07) is 18.8. The highest BCUT2D eigenvalue weighted by Crippen LogP contribution is 2.55. The predicted molar refractivity (Wildman–Crippen MR) is 241 cm³/mol. The summed E-state index contributed by atoms with van der Waals surface area (Å²) in [4.78, 5) is 70.9. The summed E-state index contributed by atoms with van der Waals surface area (Å²) in [6.45, 7) is 14.7. The Balaban J connectivity index is 0.705. The number of benzene rings is 3. The Morgan fingerprint density at radius 1 is 0.908 bits per heavy atom. The first kappa shape index (κ1) is 44.2. The highest BCUT2D eigenvalue weighted by molar-refractivity contribution is 6.31. The van der Waals surface area contributed by atoms with Gasteiger partial charge in [-0.05, 0) is 91.6 Å². The summed E-state index contributed by atoms with van der Waals surface area (Å²) >= 11 is 6.26. The molecule has 3 aromatic carbocycles. The molecule has 65 heavy (non-hydrogen) atoms. The van der Waals surface area contributed by atoms with Crippen molar-refractivity contribution < 1.29 is 28.7 Å². The fraction of sp³-hybridized carbons (Fsp3) is 0.500. The summed E-state index contributed by atoms with van der Waals surface area (Å²) in [5.74, 6) is 1.41. The molecule has 4 amide bonds. The summed E-state index contributed by atoms with van der Waals surface area (Å²) in [5.41, 5.74) is 1.25. The van der Waals surface area contributed by atoms with Gasteiger partial charge in [-0.2, -0.15) is 9.94 Å². The van der Waals surface area contributed by atoms with E-state index >= 15 is 0 Å². The quantitative estimate of drug-likeness (QED) is 0.199. The third-order valence-electron chi connectivity index (χ3n) is 14.5. The number of likely N-dealkylation sites (tertiary alicyclic amines) is 2. The number of rotatable bonds is 11. The highest BCUT2D eigenvalue weighted by Gasteiger charge is 2.64. The van der Waals surface area contributed by atoms with Gasteiger partial charge in [-0.1, -0.05) is 44.5 Å². The number of ether oxygens (including phenoxy) is 2. The fourth-order valence-electron chi connectivity index (χ4n) is 11.3. The molecule has 16 nitrogen and oxygen atoms in total. The fourth-order valence-corrected chi connectivity index (χ4v) is 11.5. The zero-order valence-corrected chi connectivity index (χ0v) is 37.8. The van der Waals surface area contributed by atoms with E-state index in [0.29, 0.717) is 64.0 Å². The van der Waals surface area contributed by atoms with Crippen LogP contribution in [-0.2, 0) is 14.4 Å². The average molecular weight is 904 g/mol. The minimum absolute atomic E-state index is 0.103. The van der Waals surface area contributed by atoms with Crippen LogP contribution in [0.25, 0.3) is 10.9 Å². The van der Waals surface area contributed by atoms with Crippen LogP contribution in [0.3, 0.4) is 0 Å². The molecule has 340 valence electrons. The maximum atomic E-state index is 13.6. The van der Waals surface area contributed by atoms with E-state index in [9.17, 15) is 29.2 Å². The molecule has 0 radical (unpaired) electrons. The van der Waals surface area contributed by atoms with E-state index < -0.39 is 17.5 Å². The van der Waals surface area contributed by atoms with Crippen molar-refractivity contribution in [1.29, 1.82) is 5.26 Å². The van der Waals surface area contributed by atoms with Crippen LogP contribution in [0, 0.1) is 39.9 Å². The number of aromatic nitrogens is 3. The Bertz CT molecular complexity index is 2610. The SMILES string of the molecule is CC1(C)C(NC(=O)c2ccc(N3CC4CN(CC5CCN(C(=O)COc6ccc7nnn(C8CCC(=O)NC8=O)c(=O)c7c6)CC5)CC4C3)cc2)C(C)(C)C1Oc1ccc(C#N)c(Cl)c1. The first-order chi connectivity index (χ1) is 31.1. The van der Waals surface area contributed by atoms with Gasteiger partial charge in [0, 0.05) is 86.4 Å². The third kappa shape index (κ3) is 8.63. The zero-order chi connectivity index (χ0) is 45.8. The van der Waals surface area contributed by atoms with Crippen LogP contribution >= 0.6 is 11.6 Å². The van der Waals surface area contributed by atoms with Crippen molar-refractivity contribution >= 4 is 51.8 Å². The van der Waals surface area contributed by atoms with Crippen LogP contribution in [0.15, 0.2) is 65.5 Å². The van der Waals surface area contributed by atoms with Crippen LogP contribution in [0.2, 0.25) is 5.02 Å². The zero-order valence-electron chi connectivity index (χ0n) is 37.1. The molecule has 3 atom stereocenters. The Labute approximate surface area is 382 Å². The highest BCUT2D eigenvalue weighted by atomic mass is 35.5. The van der Waals surface area contributed by atoms with Crippen molar-refractivity contribution in [2.24, 2.45) is 28.6 Å². The number of imide groups is 1. The van der Waals surface area contributed by atoms with E-state index in [2.05, 4.69) is 76.6 Å². The second-order valence-electron chi connectivity index (χ2n) is 19.6. The Kier molecular flexibility index (Phi) is 11.8. The molecule has 5 fully saturated rings. The number of piperidine rings is 2. The second kappa shape index (κ2) is 17.4. The van der Waals surface area contributed by atoms with Gasteiger partial charge in [0.1, 0.15) is 35.2 Å². The van der Waals surface area contributed by atoms with Gasteiger partial charge in [-0.15, -0.1) is 5.10 Å². The molecule has 3 unspecified atom stereocenters. The van der Waals surface area contributed by atoms with Crippen LogP contribution in [-0.4, -0.2) is 113 Å². The van der Waals surface area contributed by atoms with Crippen molar-refractivity contribution in [2.75, 3.05) is 57.3 Å². The largest absolute Gasteiger partial charge is 0.489 e. The van der Waals surface area contributed by atoms with E-state index in [0.717, 1.165) is 55.9 Å². The first-order valence-electron chi connectivity index (χ1n) is 22.5. The number of anilines is 1. The number of carbonyl (C=O) groups is 4. The van der Waals surface area contributed by atoms with Gasteiger partial charge in [-0.3, -0.25) is 29.3 Å². The van der Waals surface area contributed by atoms with Crippen molar-refractivity contribution in [3.63, 3.8) is 0 Å². The van der Waals surface area contributed by atoms with E-state index in [1.54, 1.807) is 30.3 Å². The molecule has 4 aliphatic heterocycles. The lowest BCUT2D eigenvalue weighted by molar-refractivity contribution is -0.164. The van der Waals surface area contributed by atoms with Crippen LogP contribution in [0.5, 0.6) is 11.5 Å². The number of carbonyl (C=O) groups excluding carboxylic acids is 4. The number of hydrogen-bond acceptors (Lipinski definition) is 12. The van der Waals surface area contributed by atoms with Crippen LogP contribution in [0.4, 0.5) is 5.69 Å². The number of hydrogen-bond donors (Lipinski definition) is 2. The van der Waals surface area contributed by atoms with Crippen molar-refractivity contribution in [2.45, 2.75) is 71.6 Å². The van der Waals surface area contributed by atoms with Crippen molar-refractivity contribution in [1.82, 2.24) is 35.4 Å². The maximum absolute atomic E-state index is 13.6. The first-order valence-corrected chi connectivity index (χ1v) is 22.8. The van der Waals surface area contributed by atoms with Gasteiger partial charge in [0.25, 0.3) is 23.3 Å².